The number of ether oxygens (including phenoxy) is 1. The van der Waals surface area contributed by atoms with E-state index in [-0.39, 0.29) is 18.4 Å². The van der Waals surface area contributed by atoms with Crippen LogP contribution in [-0.2, 0) is 4.79 Å². The highest BCUT2D eigenvalue weighted by molar-refractivity contribution is 7.14. The quantitative estimate of drug-likeness (QED) is 0.354. The van der Waals surface area contributed by atoms with Crippen LogP contribution in [0.4, 0.5) is 5.69 Å². The van der Waals surface area contributed by atoms with Gasteiger partial charge in [-0.1, -0.05) is 23.7 Å². The van der Waals surface area contributed by atoms with Crippen molar-refractivity contribution in [3.05, 3.63) is 80.0 Å². The molecule has 0 spiro atoms. The summed E-state index contributed by atoms with van der Waals surface area (Å²) in [6.07, 6.45) is 0. The standard InChI is InChI=1S/C24H24ClN3O3S/c1-14-10-20(11-15(2)23(14)25)31-13-22(29)28-27-17(4)18-6-5-7-19(12-18)26-24(30)21-9-8-16(3)32-21/h5-12H,13H2,1-4H3,(H,26,30)(H,28,29)/b27-17-. The number of nitrogens with one attached hydrogen (secondary N) is 2. The molecule has 2 amide bonds. The zero-order chi connectivity index (χ0) is 23.3. The van der Waals surface area contributed by atoms with Crippen molar-refractivity contribution in [1.82, 2.24) is 5.43 Å². The first kappa shape index (κ1) is 23.5. The van der Waals surface area contributed by atoms with Crippen LogP contribution in [0.15, 0.2) is 53.6 Å². The molecule has 6 nitrogen and oxygen atoms in total. The van der Waals surface area contributed by atoms with Gasteiger partial charge in [-0.15, -0.1) is 11.3 Å². The smallest absolute Gasteiger partial charge is 0.277 e. The molecule has 3 aromatic rings. The molecule has 166 valence electrons. The van der Waals surface area contributed by atoms with Crippen molar-refractivity contribution in [2.45, 2.75) is 27.7 Å². The van der Waals surface area contributed by atoms with Crippen LogP contribution in [0.25, 0.3) is 0 Å². The maximum atomic E-state index is 12.4. The third-order valence-corrected chi connectivity index (χ3v) is 6.23. The molecule has 0 atom stereocenters. The molecule has 0 aliphatic heterocycles. The maximum Gasteiger partial charge on any atom is 0.277 e. The van der Waals surface area contributed by atoms with Crippen LogP contribution >= 0.6 is 22.9 Å². The van der Waals surface area contributed by atoms with E-state index in [0.29, 0.717) is 27.0 Å². The molecular formula is C24H24ClN3O3S. The van der Waals surface area contributed by atoms with E-state index in [1.807, 2.05) is 39.0 Å². The van der Waals surface area contributed by atoms with E-state index in [2.05, 4.69) is 15.8 Å². The molecule has 1 aromatic heterocycles. The molecule has 0 bridgehead atoms. The topological polar surface area (TPSA) is 79.8 Å². The number of aryl methyl sites for hydroxylation is 3. The molecule has 0 radical (unpaired) electrons. The number of thiophene rings is 1. The summed E-state index contributed by atoms with van der Waals surface area (Å²) in [7, 11) is 0. The summed E-state index contributed by atoms with van der Waals surface area (Å²) in [5, 5.41) is 7.71. The lowest BCUT2D eigenvalue weighted by atomic mass is 10.1. The van der Waals surface area contributed by atoms with Crippen LogP contribution < -0.4 is 15.5 Å². The second-order valence-corrected chi connectivity index (χ2v) is 9.00. The molecule has 0 fully saturated rings. The molecule has 1 heterocycles. The van der Waals surface area contributed by atoms with Crippen molar-refractivity contribution < 1.29 is 14.3 Å². The van der Waals surface area contributed by atoms with Gasteiger partial charge in [-0.05, 0) is 80.8 Å². The highest BCUT2D eigenvalue weighted by Gasteiger charge is 2.10. The summed E-state index contributed by atoms with van der Waals surface area (Å²) in [4.78, 5) is 26.2. The van der Waals surface area contributed by atoms with Gasteiger partial charge >= 0.3 is 0 Å². The average Bonchev–Trinajstić information content (AvgIpc) is 3.21. The fourth-order valence-corrected chi connectivity index (χ4v) is 3.82. The molecule has 0 saturated heterocycles. The van der Waals surface area contributed by atoms with Crippen LogP contribution in [0.2, 0.25) is 5.02 Å². The van der Waals surface area contributed by atoms with Gasteiger partial charge in [0.1, 0.15) is 5.75 Å². The van der Waals surface area contributed by atoms with E-state index < -0.39 is 0 Å². The van der Waals surface area contributed by atoms with E-state index in [0.717, 1.165) is 21.6 Å². The SMILES string of the molecule is C/C(=N/NC(=O)COc1cc(C)c(Cl)c(C)c1)c1cccc(NC(=O)c2ccc(C)s2)c1. The van der Waals surface area contributed by atoms with Crippen molar-refractivity contribution in [1.29, 1.82) is 0 Å². The van der Waals surface area contributed by atoms with Gasteiger partial charge in [0.2, 0.25) is 0 Å². The van der Waals surface area contributed by atoms with Crippen LogP contribution in [0, 0.1) is 20.8 Å². The summed E-state index contributed by atoms with van der Waals surface area (Å²) in [5.74, 6) is 0.0322. The van der Waals surface area contributed by atoms with Crippen LogP contribution in [0.5, 0.6) is 5.75 Å². The number of nitrogens with zero attached hydrogens (tertiary/aromatic N) is 1. The zero-order valence-electron chi connectivity index (χ0n) is 18.3. The summed E-state index contributed by atoms with van der Waals surface area (Å²) in [5.41, 5.74) is 6.28. The molecule has 0 unspecified atom stereocenters. The predicted molar refractivity (Wildman–Crippen MR) is 130 cm³/mol. The number of benzene rings is 2. The predicted octanol–water partition coefficient (Wildman–Crippen LogP) is 5.50. The fourth-order valence-electron chi connectivity index (χ4n) is 2.95. The van der Waals surface area contributed by atoms with Crippen LogP contribution in [0.3, 0.4) is 0 Å². The van der Waals surface area contributed by atoms with Gasteiger partial charge < -0.3 is 10.1 Å². The molecule has 0 aliphatic rings. The fraction of sp³-hybridized carbons (Fsp3) is 0.208. The molecule has 0 aliphatic carbocycles. The average molecular weight is 470 g/mol. The first-order valence-electron chi connectivity index (χ1n) is 9.94. The number of amides is 2. The summed E-state index contributed by atoms with van der Waals surface area (Å²) in [6.45, 7) is 7.32. The Balaban J connectivity index is 1.58. The number of hydrogen-bond donors (Lipinski definition) is 2. The molecule has 8 heteroatoms. The highest BCUT2D eigenvalue weighted by Crippen LogP contribution is 2.25. The molecule has 2 aromatic carbocycles. The van der Waals surface area contributed by atoms with Gasteiger partial charge in [-0.25, -0.2) is 5.43 Å². The molecule has 2 N–H and O–H groups in total. The second kappa shape index (κ2) is 10.4. The van der Waals surface area contributed by atoms with E-state index >= 15 is 0 Å². The first-order chi connectivity index (χ1) is 15.2. The Bertz CT molecular complexity index is 1160. The Morgan fingerprint density at radius 2 is 1.78 bits per heavy atom. The Labute approximate surface area is 196 Å². The number of carbonyl (C=O) groups is 2. The van der Waals surface area contributed by atoms with Gasteiger partial charge in [0.05, 0.1) is 10.6 Å². The van der Waals surface area contributed by atoms with Gasteiger partial charge in [0, 0.05) is 15.6 Å². The molecule has 0 saturated carbocycles. The zero-order valence-corrected chi connectivity index (χ0v) is 19.9. The Kier molecular flexibility index (Phi) is 7.66. The number of hydrogen-bond acceptors (Lipinski definition) is 5. The number of anilines is 1. The van der Waals surface area contributed by atoms with E-state index in [1.165, 1.54) is 11.3 Å². The Morgan fingerprint density at radius 1 is 1.06 bits per heavy atom. The van der Waals surface area contributed by atoms with E-state index in [4.69, 9.17) is 16.3 Å². The summed E-state index contributed by atoms with van der Waals surface area (Å²) >= 11 is 7.59. The van der Waals surface area contributed by atoms with Crippen molar-refractivity contribution >= 4 is 46.2 Å². The number of halogens is 1. The maximum absolute atomic E-state index is 12.4. The molecule has 3 rings (SSSR count). The summed E-state index contributed by atoms with van der Waals surface area (Å²) < 4.78 is 5.54. The van der Waals surface area contributed by atoms with Gasteiger partial charge in [0.15, 0.2) is 6.61 Å². The minimum absolute atomic E-state index is 0.159. The van der Waals surface area contributed by atoms with Crippen molar-refractivity contribution in [2.75, 3.05) is 11.9 Å². The van der Waals surface area contributed by atoms with Crippen LogP contribution in [-0.4, -0.2) is 24.1 Å². The Hall–Kier alpha value is -3.16. The third-order valence-electron chi connectivity index (χ3n) is 4.63. The molecule has 32 heavy (non-hydrogen) atoms. The normalized spacial score (nSPS) is 11.2. The lowest BCUT2D eigenvalue weighted by Gasteiger charge is -2.10. The Morgan fingerprint density at radius 3 is 2.44 bits per heavy atom. The highest BCUT2D eigenvalue weighted by atomic mass is 35.5. The van der Waals surface area contributed by atoms with Crippen molar-refractivity contribution in [3.63, 3.8) is 0 Å². The summed E-state index contributed by atoms with van der Waals surface area (Å²) in [6, 6.07) is 14.6. The van der Waals surface area contributed by atoms with Gasteiger partial charge in [0.25, 0.3) is 11.8 Å². The number of rotatable bonds is 7. The first-order valence-corrected chi connectivity index (χ1v) is 11.1. The third kappa shape index (κ3) is 6.18. The van der Waals surface area contributed by atoms with Gasteiger partial charge in [-0.2, -0.15) is 5.10 Å². The van der Waals surface area contributed by atoms with Crippen molar-refractivity contribution in [2.24, 2.45) is 5.10 Å². The largest absolute Gasteiger partial charge is 0.484 e. The van der Waals surface area contributed by atoms with Crippen LogP contribution in [0.1, 0.15) is 38.2 Å². The number of hydrazone groups is 1. The minimum atomic E-state index is -0.382. The van der Waals surface area contributed by atoms with E-state index in [9.17, 15) is 9.59 Å². The van der Waals surface area contributed by atoms with Gasteiger partial charge in [-0.3, -0.25) is 9.59 Å². The molecular weight excluding hydrogens is 446 g/mol. The second-order valence-electron chi connectivity index (χ2n) is 7.34. The lowest BCUT2D eigenvalue weighted by Crippen LogP contribution is -2.25. The monoisotopic (exact) mass is 469 g/mol. The lowest BCUT2D eigenvalue weighted by molar-refractivity contribution is -0.123. The number of carbonyl (C=O) groups excluding carboxylic acids is 2. The van der Waals surface area contributed by atoms with E-state index in [1.54, 1.807) is 37.3 Å². The van der Waals surface area contributed by atoms with Crippen molar-refractivity contribution in [3.8, 4) is 5.75 Å². The minimum Gasteiger partial charge on any atom is -0.484 e.